The summed E-state index contributed by atoms with van der Waals surface area (Å²) >= 11 is 0. The third-order valence-corrected chi connectivity index (χ3v) is 3.29. The molecule has 0 bridgehead atoms. The van der Waals surface area contributed by atoms with E-state index in [9.17, 15) is 18.0 Å². The van der Waals surface area contributed by atoms with Crippen LogP contribution in [0.4, 0.5) is 13.2 Å². The number of halogens is 3. The number of hydrogen-bond acceptors (Lipinski definition) is 1. The predicted molar refractivity (Wildman–Crippen MR) is 68.7 cm³/mol. The molecule has 1 N–H and O–H groups in total. The van der Waals surface area contributed by atoms with Crippen molar-refractivity contribution in [2.75, 3.05) is 0 Å². The molecule has 1 rings (SSSR count). The Morgan fingerprint density at radius 2 is 1.63 bits per heavy atom. The summed E-state index contributed by atoms with van der Waals surface area (Å²) in [5, 5.41) is 2.10. The maximum atomic E-state index is 12.7. The SMILES string of the molecule is O=C1CCCCCCCC/C=C\CC(C(F)(F)F)N1. The number of nitrogens with one attached hydrogen (secondary N) is 1. The number of alkyl halides is 3. The average molecular weight is 277 g/mol. The van der Waals surface area contributed by atoms with Gasteiger partial charge in [0.05, 0.1) is 0 Å². The molecule has 1 aliphatic heterocycles. The van der Waals surface area contributed by atoms with Gasteiger partial charge in [0.2, 0.25) is 5.91 Å². The Morgan fingerprint density at radius 3 is 2.32 bits per heavy atom. The summed E-state index contributed by atoms with van der Waals surface area (Å²) < 4.78 is 38.2. The molecule has 5 heteroatoms. The van der Waals surface area contributed by atoms with Gasteiger partial charge in [0, 0.05) is 6.42 Å². The lowest BCUT2D eigenvalue weighted by Crippen LogP contribution is -2.45. The molecule has 0 aromatic carbocycles. The summed E-state index contributed by atoms with van der Waals surface area (Å²) in [6.45, 7) is 0. The van der Waals surface area contributed by atoms with E-state index in [0.29, 0.717) is 6.42 Å². The minimum atomic E-state index is -4.38. The minimum absolute atomic E-state index is 0.171. The Bertz CT molecular complexity index is 300. The van der Waals surface area contributed by atoms with Crippen molar-refractivity contribution in [3.8, 4) is 0 Å². The van der Waals surface area contributed by atoms with E-state index in [1.807, 2.05) is 0 Å². The van der Waals surface area contributed by atoms with Crippen LogP contribution in [-0.2, 0) is 4.79 Å². The highest BCUT2D eigenvalue weighted by molar-refractivity contribution is 5.76. The Labute approximate surface area is 112 Å². The lowest BCUT2D eigenvalue weighted by Gasteiger charge is -2.20. The molecular weight excluding hydrogens is 255 g/mol. The van der Waals surface area contributed by atoms with E-state index in [1.165, 1.54) is 6.08 Å². The fourth-order valence-electron chi connectivity index (χ4n) is 2.15. The van der Waals surface area contributed by atoms with Crippen LogP contribution in [0.3, 0.4) is 0 Å². The van der Waals surface area contributed by atoms with E-state index in [4.69, 9.17) is 0 Å². The molecule has 0 aromatic heterocycles. The van der Waals surface area contributed by atoms with Crippen molar-refractivity contribution in [2.24, 2.45) is 0 Å². The maximum Gasteiger partial charge on any atom is 0.408 e. The van der Waals surface area contributed by atoms with Crippen LogP contribution < -0.4 is 5.32 Å². The van der Waals surface area contributed by atoms with Crippen LogP contribution in [0.15, 0.2) is 12.2 Å². The number of amides is 1. The van der Waals surface area contributed by atoms with Gasteiger partial charge >= 0.3 is 6.18 Å². The lowest BCUT2D eigenvalue weighted by molar-refractivity contribution is -0.161. The van der Waals surface area contributed by atoms with E-state index in [2.05, 4.69) is 5.32 Å². The van der Waals surface area contributed by atoms with Crippen LogP contribution in [0.25, 0.3) is 0 Å². The molecule has 1 amide bonds. The minimum Gasteiger partial charge on any atom is -0.344 e. The molecule has 0 spiro atoms. The van der Waals surface area contributed by atoms with Crippen molar-refractivity contribution < 1.29 is 18.0 Å². The predicted octanol–water partition coefficient (Wildman–Crippen LogP) is 4.11. The van der Waals surface area contributed by atoms with Gasteiger partial charge in [-0.15, -0.1) is 0 Å². The van der Waals surface area contributed by atoms with Crippen LogP contribution in [0, 0.1) is 0 Å². The van der Waals surface area contributed by atoms with E-state index in [0.717, 1.165) is 38.5 Å². The topological polar surface area (TPSA) is 29.1 Å². The first-order valence-corrected chi connectivity index (χ1v) is 7.01. The lowest BCUT2D eigenvalue weighted by atomic mass is 10.1. The Hall–Kier alpha value is -1.00. The van der Waals surface area contributed by atoms with Gasteiger partial charge in [-0.25, -0.2) is 0 Å². The highest BCUT2D eigenvalue weighted by Gasteiger charge is 2.39. The number of carbonyl (C=O) groups is 1. The molecule has 0 fully saturated rings. The zero-order valence-corrected chi connectivity index (χ0v) is 11.1. The summed E-state index contributed by atoms with van der Waals surface area (Å²) in [5.74, 6) is -0.493. The second-order valence-corrected chi connectivity index (χ2v) is 5.03. The first-order valence-electron chi connectivity index (χ1n) is 7.01. The summed E-state index contributed by atoms with van der Waals surface area (Å²) in [4.78, 5) is 11.5. The van der Waals surface area contributed by atoms with Crippen molar-refractivity contribution in [2.45, 2.75) is 70.0 Å². The third-order valence-electron chi connectivity index (χ3n) is 3.29. The Balaban J connectivity index is 2.58. The normalized spacial score (nSPS) is 26.3. The van der Waals surface area contributed by atoms with Gasteiger partial charge in [-0.2, -0.15) is 13.2 Å². The highest BCUT2D eigenvalue weighted by atomic mass is 19.4. The molecular formula is C14H22F3NO. The molecule has 2 nitrogen and oxygen atoms in total. The first kappa shape index (κ1) is 16.1. The van der Waals surface area contributed by atoms with Crippen LogP contribution >= 0.6 is 0 Å². The van der Waals surface area contributed by atoms with Crippen LogP contribution in [0.2, 0.25) is 0 Å². The first-order chi connectivity index (χ1) is 9.00. The maximum absolute atomic E-state index is 12.7. The van der Waals surface area contributed by atoms with Crippen LogP contribution in [-0.4, -0.2) is 18.1 Å². The zero-order chi connectivity index (χ0) is 14.1. The van der Waals surface area contributed by atoms with Gasteiger partial charge in [0.15, 0.2) is 0 Å². The van der Waals surface area contributed by atoms with E-state index in [1.54, 1.807) is 6.08 Å². The van der Waals surface area contributed by atoms with Crippen LogP contribution in [0.5, 0.6) is 0 Å². The molecule has 0 saturated carbocycles. The van der Waals surface area contributed by atoms with Gasteiger partial charge in [0.1, 0.15) is 6.04 Å². The highest BCUT2D eigenvalue weighted by Crippen LogP contribution is 2.23. The monoisotopic (exact) mass is 277 g/mol. The molecule has 1 aliphatic rings. The molecule has 19 heavy (non-hydrogen) atoms. The second-order valence-electron chi connectivity index (χ2n) is 5.03. The van der Waals surface area contributed by atoms with Crippen molar-refractivity contribution in [1.82, 2.24) is 5.32 Å². The van der Waals surface area contributed by atoms with Crippen molar-refractivity contribution in [3.63, 3.8) is 0 Å². The van der Waals surface area contributed by atoms with E-state index in [-0.39, 0.29) is 12.8 Å². The van der Waals surface area contributed by atoms with Gasteiger partial charge in [-0.1, -0.05) is 37.8 Å². The summed E-state index contributed by atoms with van der Waals surface area (Å²) in [6, 6.07) is -1.75. The van der Waals surface area contributed by atoms with Crippen molar-refractivity contribution in [1.29, 1.82) is 0 Å². The largest absolute Gasteiger partial charge is 0.408 e. The molecule has 0 aliphatic carbocycles. The smallest absolute Gasteiger partial charge is 0.344 e. The molecule has 1 unspecified atom stereocenters. The van der Waals surface area contributed by atoms with E-state index < -0.39 is 18.1 Å². The number of allylic oxidation sites excluding steroid dienone is 1. The Kier molecular flexibility index (Phi) is 6.95. The Morgan fingerprint density at radius 1 is 1.00 bits per heavy atom. The van der Waals surface area contributed by atoms with Crippen molar-refractivity contribution in [3.05, 3.63) is 12.2 Å². The second kappa shape index (κ2) is 8.23. The zero-order valence-electron chi connectivity index (χ0n) is 11.1. The fourth-order valence-corrected chi connectivity index (χ4v) is 2.15. The van der Waals surface area contributed by atoms with Gasteiger partial charge in [0.25, 0.3) is 0 Å². The van der Waals surface area contributed by atoms with Crippen LogP contribution in [0.1, 0.15) is 57.8 Å². The molecule has 110 valence electrons. The quantitative estimate of drug-likeness (QED) is 0.663. The molecule has 0 radical (unpaired) electrons. The van der Waals surface area contributed by atoms with Gasteiger partial charge < -0.3 is 5.32 Å². The number of rotatable bonds is 0. The third kappa shape index (κ3) is 7.23. The molecule has 1 atom stereocenters. The summed E-state index contributed by atoms with van der Waals surface area (Å²) in [6.07, 6.45) is 5.70. The average Bonchev–Trinajstić information content (AvgIpc) is 2.32. The van der Waals surface area contributed by atoms with Gasteiger partial charge in [-0.3, -0.25) is 4.79 Å². The molecule has 0 saturated heterocycles. The summed E-state index contributed by atoms with van der Waals surface area (Å²) in [7, 11) is 0. The summed E-state index contributed by atoms with van der Waals surface area (Å²) in [5.41, 5.74) is 0. The number of carbonyl (C=O) groups excluding carboxylic acids is 1. The fraction of sp³-hybridized carbons (Fsp3) is 0.786. The molecule has 0 aromatic rings. The number of hydrogen-bond donors (Lipinski definition) is 1. The van der Waals surface area contributed by atoms with E-state index >= 15 is 0 Å². The van der Waals surface area contributed by atoms with Gasteiger partial charge in [-0.05, 0) is 25.7 Å². The molecule has 1 heterocycles. The van der Waals surface area contributed by atoms with Crippen molar-refractivity contribution >= 4 is 5.91 Å². The standard InChI is InChI=1S/C14H22F3NO/c15-14(16,17)12-10-8-6-4-2-1-3-5-7-9-11-13(19)18-12/h6,8,12H,1-5,7,9-11H2,(H,18,19)/b8-6-.